The van der Waals surface area contributed by atoms with Crippen LogP contribution in [0.1, 0.15) is 20.3 Å². The van der Waals surface area contributed by atoms with E-state index in [1.165, 1.54) is 0 Å². The predicted molar refractivity (Wildman–Crippen MR) is 30.1 cm³/mol. The lowest BCUT2D eigenvalue weighted by atomic mass is 10.2. The highest BCUT2D eigenvalue weighted by molar-refractivity contribution is 5.47. The molecule has 1 atom stereocenters. The topological polar surface area (TPSA) is 49.3 Å². The van der Waals surface area contributed by atoms with Gasteiger partial charge in [0.2, 0.25) is 6.41 Å². The number of aliphatic hydroxyl groups is 1. The fourth-order valence-electron chi connectivity index (χ4n) is 0.229. The van der Waals surface area contributed by atoms with E-state index in [9.17, 15) is 4.79 Å². The van der Waals surface area contributed by atoms with Crippen molar-refractivity contribution in [3.05, 3.63) is 0 Å². The van der Waals surface area contributed by atoms with Gasteiger partial charge >= 0.3 is 0 Å². The molecule has 48 valence electrons. The molecule has 0 aromatic heterocycles. The third kappa shape index (κ3) is 2.58. The Kier molecular flexibility index (Phi) is 2.48. The van der Waals surface area contributed by atoms with Crippen LogP contribution in [-0.4, -0.2) is 17.2 Å². The van der Waals surface area contributed by atoms with Crippen molar-refractivity contribution < 1.29 is 9.90 Å². The molecule has 1 unspecified atom stereocenters. The van der Waals surface area contributed by atoms with Crippen molar-refractivity contribution >= 4 is 6.41 Å². The molecule has 0 bridgehead atoms. The lowest BCUT2D eigenvalue weighted by molar-refractivity contribution is -0.115. The third-order valence-corrected chi connectivity index (χ3v) is 1.06. The first kappa shape index (κ1) is 7.43. The molecule has 0 aromatic rings. The zero-order valence-corrected chi connectivity index (χ0v) is 5.14. The maximum atomic E-state index is 9.71. The molecule has 0 rings (SSSR count). The molecular formula is C5H11NO2. The Labute approximate surface area is 48.7 Å². The predicted octanol–water partition coefficient (Wildman–Crippen LogP) is -0.149. The highest BCUT2D eigenvalue weighted by Crippen LogP contribution is 2.00. The molecule has 0 aliphatic carbocycles. The van der Waals surface area contributed by atoms with E-state index in [4.69, 9.17) is 5.11 Å². The lowest BCUT2D eigenvalue weighted by Crippen LogP contribution is -2.40. The van der Waals surface area contributed by atoms with E-state index >= 15 is 0 Å². The van der Waals surface area contributed by atoms with Crippen molar-refractivity contribution in [1.82, 2.24) is 5.32 Å². The number of carbonyl (C=O) groups is 1. The van der Waals surface area contributed by atoms with Crippen molar-refractivity contribution in [2.45, 2.75) is 26.0 Å². The van der Waals surface area contributed by atoms with Crippen LogP contribution in [0.4, 0.5) is 0 Å². The van der Waals surface area contributed by atoms with Crippen LogP contribution in [0.2, 0.25) is 0 Å². The average Bonchev–Trinajstić information content (AvgIpc) is 1.67. The minimum Gasteiger partial charge on any atom is -0.371 e. The molecule has 3 heteroatoms. The van der Waals surface area contributed by atoms with E-state index in [2.05, 4.69) is 5.32 Å². The van der Waals surface area contributed by atoms with E-state index in [1.54, 1.807) is 13.8 Å². The van der Waals surface area contributed by atoms with Gasteiger partial charge in [0, 0.05) is 0 Å². The smallest absolute Gasteiger partial charge is 0.209 e. The highest BCUT2D eigenvalue weighted by atomic mass is 16.3. The molecule has 0 aromatic carbocycles. The van der Waals surface area contributed by atoms with Gasteiger partial charge in [-0.2, -0.15) is 0 Å². The number of amides is 1. The summed E-state index contributed by atoms with van der Waals surface area (Å²) < 4.78 is 0. The normalized spacial score (nSPS) is 16.9. The van der Waals surface area contributed by atoms with Gasteiger partial charge in [0.1, 0.15) is 5.72 Å². The Balaban J connectivity index is 3.53. The summed E-state index contributed by atoms with van der Waals surface area (Å²) in [5, 5.41) is 11.2. The molecule has 0 saturated heterocycles. The summed E-state index contributed by atoms with van der Waals surface area (Å²) in [5.74, 6) is 0. The maximum Gasteiger partial charge on any atom is 0.209 e. The standard InChI is InChI=1S/C5H11NO2/c1-3-5(2,8)6-4-7/h4,8H,3H2,1-2H3,(H,6,7). The van der Waals surface area contributed by atoms with Gasteiger partial charge in [-0.1, -0.05) is 6.92 Å². The number of nitrogens with one attached hydrogen (secondary N) is 1. The zero-order chi connectivity index (χ0) is 6.62. The second kappa shape index (κ2) is 2.67. The van der Waals surface area contributed by atoms with Gasteiger partial charge in [-0.25, -0.2) is 0 Å². The van der Waals surface area contributed by atoms with Crippen LogP contribution in [0, 0.1) is 0 Å². The third-order valence-electron chi connectivity index (χ3n) is 1.06. The molecule has 3 nitrogen and oxygen atoms in total. The van der Waals surface area contributed by atoms with Gasteiger partial charge in [0.15, 0.2) is 0 Å². The van der Waals surface area contributed by atoms with E-state index in [-0.39, 0.29) is 0 Å². The quantitative estimate of drug-likeness (QED) is 0.399. The van der Waals surface area contributed by atoms with Gasteiger partial charge < -0.3 is 10.4 Å². The first-order valence-corrected chi connectivity index (χ1v) is 2.56. The zero-order valence-electron chi connectivity index (χ0n) is 5.14. The first-order valence-electron chi connectivity index (χ1n) is 2.56. The molecule has 2 N–H and O–H groups in total. The number of hydrogen-bond donors (Lipinski definition) is 2. The van der Waals surface area contributed by atoms with Crippen LogP contribution < -0.4 is 5.32 Å². The second-order valence-electron chi connectivity index (χ2n) is 1.89. The van der Waals surface area contributed by atoms with E-state index in [1.807, 2.05) is 0 Å². The van der Waals surface area contributed by atoms with Crippen molar-refractivity contribution in [3.8, 4) is 0 Å². The van der Waals surface area contributed by atoms with E-state index in [0.29, 0.717) is 12.8 Å². The molecule has 0 heterocycles. The van der Waals surface area contributed by atoms with Crippen molar-refractivity contribution in [2.24, 2.45) is 0 Å². The number of hydrogen-bond acceptors (Lipinski definition) is 2. The second-order valence-corrected chi connectivity index (χ2v) is 1.89. The van der Waals surface area contributed by atoms with Crippen LogP contribution in [-0.2, 0) is 4.79 Å². The number of rotatable bonds is 3. The fourth-order valence-corrected chi connectivity index (χ4v) is 0.229. The molecule has 0 spiro atoms. The Hall–Kier alpha value is -0.570. The van der Waals surface area contributed by atoms with Crippen LogP contribution >= 0.6 is 0 Å². The molecule has 1 amide bonds. The average molecular weight is 117 g/mol. The lowest BCUT2D eigenvalue weighted by Gasteiger charge is -2.18. The maximum absolute atomic E-state index is 9.71. The Morgan fingerprint density at radius 3 is 2.50 bits per heavy atom. The summed E-state index contributed by atoms with van der Waals surface area (Å²) >= 11 is 0. The van der Waals surface area contributed by atoms with Gasteiger partial charge in [-0.3, -0.25) is 4.79 Å². The van der Waals surface area contributed by atoms with Crippen molar-refractivity contribution in [2.75, 3.05) is 0 Å². The largest absolute Gasteiger partial charge is 0.371 e. The molecular weight excluding hydrogens is 106 g/mol. The van der Waals surface area contributed by atoms with Gasteiger partial charge in [-0.05, 0) is 13.3 Å². The molecule has 0 radical (unpaired) electrons. The van der Waals surface area contributed by atoms with E-state index in [0.717, 1.165) is 0 Å². The van der Waals surface area contributed by atoms with Crippen molar-refractivity contribution in [1.29, 1.82) is 0 Å². The monoisotopic (exact) mass is 117 g/mol. The van der Waals surface area contributed by atoms with Gasteiger partial charge in [0.25, 0.3) is 0 Å². The number of carbonyl (C=O) groups excluding carboxylic acids is 1. The van der Waals surface area contributed by atoms with Gasteiger partial charge in [-0.15, -0.1) is 0 Å². The van der Waals surface area contributed by atoms with Gasteiger partial charge in [0.05, 0.1) is 0 Å². The highest BCUT2D eigenvalue weighted by Gasteiger charge is 2.13. The van der Waals surface area contributed by atoms with Crippen LogP contribution in [0.15, 0.2) is 0 Å². The minimum atomic E-state index is -1.03. The molecule has 8 heavy (non-hydrogen) atoms. The Morgan fingerprint density at radius 2 is 2.38 bits per heavy atom. The van der Waals surface area contributed by atoms with Crippen LogP contribution in [0.3, 0.4) is 0 Å². The van der Waals surface area contributed by atoms with Crippen LogP contribution in [0.25, 0.3) is 0 Å². The SMILES string of the molecule is CCC(C)(O)NC=O. The van der Waals surface area contributed by atoms with Crippen molar-refractivity contribution in [3.63, 3.8) is 0 Å². The Morgan fingerprint density at radius 1 is 1.88 bits per heavy atom. The fraction of sp³-hybridized carbons (Fsp3) is 0.800. The summed E-state index contributed by atoms with van der Waals surface area (Å²) in [4.78, 5) is 9.71. The summed E-state index contributed by atoms with van der Waals surface area (Å²) in [6, 6.07) is 0. The first-order chi connectivity index (χ1) is 3.62. The summed E-state index contributed by atoms with van der Waals surface area (Å²) in [6.45, 7) is 3.33. The molecule has 0 aliphatic heterocycles. The van der Waals surface area contributed by atoms with Crippen LogP contribution in [0.5, 0.6) is 0 Å². The molecule has 0 saturated carbocycles. The minimum absolute atomic E-state index is 0.490. The molecule has 0 fully saturated rings. The summed E-state index contributed by atoms with van der Waals surface area (Å²) in [7, 11) is 0. The Bertz CT molecular complexity index is 80.5. The molecule has 0 aliphatic rings. The van der Waals surface area contributed by atoms with E-state index < -0.39 is 5.72 Å². The summed E-state index contributed by atoms with van der Waals surface area (Å²) in [6.07, 6.45) is 1.01. The summed E-state index contributed by atoms with van der Waals surface area (Å²) in [5.41, 5.74) is -1.03.